The van der Waals surface area contributed by atoms with Crippen LogP contribution in [0, 0.1) is 0 Å². The average molecular weight is 492 g/mol. The topological polar surface area (TPSA) is 90.4 Å². The van der Waals surface area contributed by atoms with Gasteiger partial charge in [-0.15, -0.1) is 0 Å². The molecule has 7 nitrogen and oxygen atoms in total. The Morgan fingerprint density at radius 2 is 1.77 bits per heavy atom. The van der Waals surface area contributed by atoms with Gasteiger partial charge in [0.2, 0.25) is 5.82 Å². The first kappa shape index (κ1) is 22.0. The van der Waals surface area contributed by atoms with Gasteiger partial charge in [0.05, 0.1) is 17.7 Å². The number of ether oxygens (including phenoxy) is 2. The number of benzene rings is 2. The Morgan fingerprint density at radius 3 is 2.47 bits per heavy atom. The first-order valence-corrected chi connectivity index (χ1v) is 11.7. The van der Waals surface area contributed by atoms with E-state index in [4.69, 9.17) is 9.47 Å². The second kappa shape index (κ2) is 10.4. The van der Waals surface area contributed by atoms with E-state index in [1.165, 1.54) is 18.3 Å². The third kappa shape index (κ3) is 6.17. The lowest BCUT2D eigenvalue weighted by atomic mass is 10.2. The summed E-state index contributed by atoms with van der Waals surface area (Å²) < 4.78 is 39.8. The minimum absolute atomic E-state index is 0.0115. The first-order valence-electron chi connectivity index (χ1n) is 9.43. The number of hydrogen-bond donors (Lipinski definition) is 1. The van der Waals surface area contributed by atoms with Crippen LogP contribution in [-0.4, -0.2) is 25.0 Å². The number of sulfonamides is 1. The molecule has 0 radical (unpaired) electrons. The molecule has 2 aromatic carbocycles. The molecule has 0 saturated carbocycles. The Balaban J connectivity index is 1.74. The predicted molar refractivity (Wildman–Crippen MR) is 118 cm³/mol. The van der Waals surface area contributed by atoms with E-state index < -0.39 is 10.0 Å². The molecule has 3 rings (SSSR count). The second-order valence-corrected chi connectivity index (χ2v) is 8.89. The Labute approximate surface area is 184 Å². The number of hydrogen-bond acceptors (Lipinski definition) is 6. The molecule has 9 heteroatoms. The van der Waals surface area contributed by atoms with Gasteiger partial charge in [-0.1, -0.05) is 43.7 Å². The number of aromatic nitrogens is 2. The van der Waals surface area contributed by atoms with Crippen molar-refractivity contribution in [1.82, 2.24) is 9.97 Å². The van der Waals surface area contributed by atoms with Crippen molar-refractivity contribution in [2.45, 2.75) is 31.3 Å². The van der Waals surface area contributed by atoms with Gasteiger partial charge in [0.25, 0.3) is 15.9 Å². The first-order chi connectivity index (χ1) is 14.5. The quantitative estimate of drug-likeness (QED) is 0.409. The lowest BCUT2D eigenvalue weighted by molar-refractivity contribution is 0.294. The molecule has 1 heterocycles. The lowest BCUT2D eigenvalue weighted by Gasteiger charge is -2.13. The molecule has 0 unspecified atom stereocenters. The summed E-state index contributed by atoms with van der Waals surface area (Å²) in [6.07, 6.45) is 3.37. The highest BCUT2D eigenvalue weighted by molar-refractivity contribution is 9.10. The second-order valence-electron chi connectivity index (χ2n) is 6.40. The third-order valence-corrected chi connectivity index (χ3v) is 5.80. The van der Waals surface area contributed by atoms with Crippen LogP contribution in [0.4, 0.5) is 5.82 Å². The van der Waals surface area contributed by atoms with E-state index in [0.29, 0.717) is 17.0 Å². The van der Waals surface area contributed by atoms with Gasteiger partial charge >= 0.3 is 0 Å². The molecule has 0 atom stereocenters. The summed E-state index contributed by atoms with van der Waals surface area (Å²) >= 11 is 3.24. The normalized spacial score (nSPS) is 11.1. The summed E-state index contributed by atoms with van der Waals surface area (Å²) in [5.74, 6) is 0.714. The molecular formula is C21H22BrN3O4S. The zero-order chi connectivity index (χ0) is 21.4. The van der Waals surface area contributed by atoms with E-state index in [2.05, 4.69) is 37.5 Å². The van der Waals surface area contributed by atoms with Crippen molar-refractivity contribution in [1.29, 1.82) is 0 Å². The lowest BCUT2D eigenvalue weighted by Crippen LogP contribution is -2.15. The molecule has 0 spiro atoms. The number of rotatable bonds is 10. The SMILES string of the molecule is CCCCOc1ccc(S(=O)(=O)Nc2ncc(Br)nc2OCc2ccccc2)cc1. The fourth-order valence-electron chi connectivity index (χ4n) is 2.48. The molecule has 3 aromatic rings. The Bertz CT molecular complexity index is 1060. The highest BCUT2D eigenvalue weighted by atomic mass is 79.9. The maximum atomic E-state index is 12.8. The molecule has 0 saturated heterocycles. The Hall–Kier alpha value is -2.65. The van der Waals surface area contributed by atoms with Crippen molar-refractivity contribution in [3.05, 3.63) is 71.0 Å². The highest BCUT2D eigenvalue weighted by Gasteiger charge is 2.19. The van der Waals surface area contributed by atoms with Crippen molar-refractivity contribution in [3.8, 4) is 11.6 Å². The van der Waals surface area contributed by atoms with Crippen LogP contribution in [-0.2, 0) is 16.6 Å². The number of unbranched alkanes of at least 4 members (excludes halogenated alkanes) is 1. The van der Waals surface area contributed by atoms with E-state index in [1.54, 1.807) is 12.1 Å². The molecule has 0 bridgehead atoms. The molecule has 1 N–H and O–H groups in total. The maximum absolute atomic E-state index is 12.8. The summed E-state index contributed by atoms with van der Waals surface area (Å²) in [6.45, 7) is 2.90. The zero-order valence-electron chi connectivity index (χ0n) is 16.4. The van der Waals surface area contributed by atoms with E-state index in [1.807, 2.05) is 30.3 Å². The minimum Gasteiger partial charge on any atom is -0.494 e. The fourth-order valence-corrected chi connectivity index (χ4v) is 3.75. The largest absolute Gasteiger partial charge is 0.494 e. The van der Waals surface area contributed by atoms with Crippen LogP contribution in [0.1, 0.15) is 25.3 Å². The smallest absolute Gasteiger partial charge is 0.263 e. The van der Waals surface area contributed by atoms with Gasteiger partial charge in [0.1, 0.15) is 17.0 Å². The van der Waals surface area contributed by atoms with Crippen molar-refractivity contribution in [2.75, 3.05) is 11.3 Å². The van der Waals surface area contributed by atoms with Gasteiger partial charge in [0.15, 0.2) is 0 Å². The summed E-state index contributed by atoms with van der Waals surface area (Å²) in [5, 5.41) is 0. The van der Waals surface area contributed by atoms with Gasteiger partial charge < -0.3 is 9.47 Å². The number of halogens is 1. The van der Waals surface area contributed by atoms with Gasteiger partial charge in [-0.25, -0.2) is 18.4 Å². The summed E-state index contributed by atoms with van der Waals surface area (Å²) in [5.41, 5.74) is 0.923. The van der Waals surface area contributed by atoms with Gasteiger partial charge in [-0.3, -0.25) is 4.72 Å². The molecule has 0 fully saturated rings. The third-order valence-electron chi connectivity index (χ3n) is 4.06. The number of nitrogens with zero attached hydrogens (tertiary/aromatic N) is 2. The molecule has 0 aliphatic heterocycles. The van der Waals surface area contributed by atoms with Crippen LogP contribution >= 0.6 is 15.9 Å². The van der Waals surface area contributed by atoms with Crippen LogP contribution in [0.2, 0.25) is 0 Å². The Morgan fingerprint density at radius 1 is 1.03 bits per heavy atom. The molecule has 0 aliphatic rings. The van der Waals surface area contributed by atoms with Crippen molar-refractivity contribution < 1.29 is 17.9 Å². The maximum Gasteiger partial charge on any atom is 0.263 e. The van der Waals surface area contributed by atoms with Crippen LogP contribution < -0.4 is 14.2 Å². The summed E-state index contributed by atoms with van der Waals surface area (Å²) in [6, 6.07) is 15.7. The van der Waals surface area contributed by atoms with Crippen molar-refractivity contribution in [3.63, 3.8) is 0 Å². The van der Waals surface area contributed by atoms with Crippen molar-refractivity contribution in [2.24, 2.45) is 0 Å². The number of anilines is 1. The molecule has 158 valence electrons. The standard InChI is InChI=1S/C21H22BrN3O4S/c1-2-3-13-28-17-9-11-18(12-10-17)30(26,27)25-20-21(24-19(22)14-23-20)29-15-16-7-5-4-6-8-16/h4-12,14H,2-3,13,15H2,1H3,(H,23,25). The number of nitrogens with one attached hydrogen (secondary N) is 1. The van der Waals surface area contributed by atoms with Crippen LogP contribution in [0.25, 0.3) is 0 Å². The van der Waals surface area contributed by atoms with Crippen LogP contribution in [0.15, 0.2) is 70.3 Å². The fraction of sp³-hybridized carbons (Fsp3) is 0.238. The Kier molecular flexibility index (Phi) is 7.64. The van der Waals surface area contributed by atoms with E-state index in [-0.39, 0.29) is 23.2 Å². The van der Waals surface area contributed by atoms with E-state index in [9.17, 15) is 8.42 Å². The molecule has 30 heavy (non-hydrogen) atoms. The summed E-state index contributed by atoms with van der Waals surface area (Å²) in [7, 11) is -3.88. The van der Waals surface area contributed by atoms with Crippen LogP contribution in [0.3, 0.4) is 0 Å². The molecule has 0 amide bonds. The monoisotopic (exact) mass is 491 g/mol. The minimum atomic E-state index is -3.88. The highest BCUT2D eigenvalue weighted by Crippen LogP contribution is 2.26. The molecule has 1 aromatic heterocycles. The molecular weight excluding hydrogens is 470 g/mol. The van der Waals surface area contributed by atoms with Gasteiger partial charge in [0, 0.05) is 0 Å². The summed E-state index contributed by atoms with van der Waals surface area (Å²) in [4.78, 5) is 8.41. The van der Waals surface area contributed by atoms with E-state index >= 15 is 0 Å². The molecule has 0 aliphatic carbocycles. The van der Waals surface area contributed by atoms with Crippen molar-refractivity contribution >= 4 is 31.8 Å². The average Bonchev–Trinajstić information content (AvgIpc) is 2.75. The predicted octanol–water partition coefficient (Wildman–Crippen LogP) is 4.80. The van der Waals surface area contributed by atoms with Gasteiger partial charge in [-0.2, -0.15) is 0 Å². The van der Waals surface area contributed by atoms with E-state index in [0.717, 1.165) is 18.4 Å². The van der Waals surface area contributed by atoms with Crippen LogP contribution in [0.5, 0.6) is 11.6 Å². The van der Waals surface area contributed by atoms with Gasteiger partial charge in [-0.05, 0) is 52.2 Å². The zero-order valence-corrected chi connectivity index (χ0v) is 18.8.